The fourth-order valence-corrected chi connectivity index (χ4v) is 5.37. The van der Waals surface area contributed by atoms with Gasteiger partial charge in [0.25, 0.3) is 10.0 Å². The molecule has 7 heteroatoms. The molecule has 1 aromatic heterocycles. The quantitative estimate of drug-likeness (QED) is 0.527. The summed E-state index contributed by atoms with van der Waals surface area (Å²) in [5, 5.41) is 2.16. The van der Waals surface area contributed by atoms with Crippen molar-refractivity contribution in [3.63, 3.8) is 0 Å². The SMILES string of the molecule is CCn1/c(=N\S(=O)(=O)c2ccc(F)cc2)sc2c3ccccc3ccc21. The zero-order valence-corrected chi connectivity index (χ0v) is 15.5. The summed E-state index contributed by atoms with van der Waals surface area (Å²) >= 11 is 1.35. The number of thiazole rings is 1. The Balaban J connectivity index is 2.00. The number of aryl methyl sites for hydroxylation is 1. The summed E-state index contributed by atoms with van der Waals surface area (Å²) in [6.07, 6.45) is 0. The Morgan fingerprint density at radius 1 is 1.04 bits per heavy atom. The highest BCUT2D eigenvalue weighted by Crippen LogP contribution is 2.27. The number of nitrogens with zero attached hydrogens (tertiary/aromatic N) is 2. The van der Waals surface area contributed by atoms with Crippen LogP contribution in [0.3, 0.4) is 0 Å². The van der Waals surface area contributed by atoms with Crippen LogP contribution in [0.25, 0.3) is 21.0 Å². The molecule has 0 aliphatic rings. The topological polar surface area (TPSA) is 51.4 Å². The van der Waals surface area contributed by atoms with Gasteiger partial charge in [0, 0.05) is 11.9 Å². The van der Waals surface area contributed by atoms with Crippen molar-refractivity contribution >= 4 is 42.3 Å². The van der Waals surface area contributed by atoms with Crippen molar-refractivity contribution in [1.82, 2.24) is 4.57 Å². The molecule has 0 aliphatic heterocycles. The van der Waals surface area contributed by atoms with Crippen LogP contribution in [-0.2, 0) is 16.6 Å². The number of fused-ring (bicyclic) bond motifs is 3. The predicted octanol–water partition coefficient (Wildman–Crippen LogP) is 4.30. The van der Waals surface area contributed by atoms with Crippen molar-refractivity contribution in [2.45, 2.75) is 18.4 Å². The summed E-state index contributed by atoms with van der Waals surface area (Å²) in [5.41, 5.74) is 0.948. The Morgan fingerprint density at radius 3 is 2.50 bits per heavy atom. The number of sulfonamides is 1. The van der Waals surface area contributed by atoms with Crippen molar-refractivity contribution in [1.29, 1.82) is 0 Å². The second-order valence-corrected chi connectivity index (χ2v) is 8.37. The van der Waals surface area contributed by atoms with E-state index in [4.69, 9.17) is 0 Å². The zero-order valence-electron chi connectivity index (χ0n) is 13.9. The first-order chi connectivity index (χ1) is 12.5. The Morgan fingerprint density at radius 2 is 1.77 bits per heavy atom. The van der Waals surface area contributed by atoms with Gasteiger partial charge >= 0.3 is 0 Å². The number of hydrogen-bond acceptors (Lipinski definition) is 3. The predicted molar refractivity (Wildman–Crippen MR) is 102 cm³/mol. The highest BCUT2D eigenvalue weighted by molar-refractivity contribution is 7.90. The summed E-state index contributed by atoms with van der Waals surface area (Å²) in [7, 11) is -3.92. The lowest BCUT2D eigenvalue weighted by Crippen LogP contribution is -2.16. The average molecular weight is 386 g/mol. The minimum Gasteiger partial charge on any atom is -0.316 e. The molecule has 0 unspecified atom stereocenters. The van der Waals surface area contributed by atoms with Crippen LogP contribution in [-0.4, -0.2) is 13.0 Å². The maximum absolute atomic E-state index is 13.1. The molecular formula is C19H15FN2O2S2. The molecule has 0 N–H and O–H groups in total. The molecule has 4 aromatic rings. The molecule has 1 heterocycles. The third-order valence-electron chi connectivity index (χ3n) is 4.20. The van der Waals surface area contributed by atoms with Gasteiger partial charge in [-0.1, -0.05) is 41.7 Å². The van der Waals surface area contributed by atoms with Crippen LogP contribution in [0.1, 0.15) is 6.92 Å². The molecule has 3 aromatic carbocycles. The maximum atomic E-state index is 13.1. The summed E-state index contributed by atoms with van der Waals surface area (Å²) in [6, 6.07) is 16.7. The van der Waals surface area contributed by atoms with E-state index in [9.17, 15) is 12.8 Å². The van der Waals surface area contributed by atoms with E-state index in [1.807, 2.05) is 47.9 Å². The van der Waals surface area contributed by atoms with E-state index < -0.39 is 15.8 Å². The van der Waals surface area contributed by atoms with Gasteiger partial charge in [-0.3, -0.25) is 0 Å². The highest BCUT2D eigenvalue weighted by atomic mass is 32.2. The number of rotatable bonds is 3. The van der Waals surface area contributed by atoms with Crippen LogP contribution in [0.4, 0.5) is 4.39 Å². The summed E-state index contributed by atoms with van der Waals surface area (Å²) < 4.78 is 45.2. The molecule has 4 nitrogen and oxygen atoms in total. The van der Waals surface area contributed by atoms with Crippen LogP contribution in [0, 0.1) is 5.82 Å². The summed E-state index contributed by atoms with van der Waals surface area (Å²) in [4.78, 5) is 0.382. The Labute approximate surface area is 153 Å². The molecule has 0 saturated heterocycles. The van der Waals surface area contributed by atoms with Crippen molar-refractivity contribution < 1.29 is 12.8 Å². The van der Waals surface area contributed by atoms with E-state index in [2.05, 4.69) is 4.40 Å². The number of halogens is 1. The van der Waals surface area contributed by atoms with Gasteiger partial charge in [0.15, 0.2) is 0 Å². The fourth-order valence-electron chi connectivity index (χ4n) is 2.94. The first kappa shape index (κ1) is 16.9. The Hall–Kier alpha value is -2.51. The smallest absolute Gasteiger partial charge is 0.285 e. The third kappa shape index (κ3) is 2.83. The van der Waals surface area contributed by atoms with Crippen molar-refractivity contribution in [3.8, 4) is 0 Å². The lowest BCUT2D eigenvalue weighted by molar-refractivity contribution is 0.594. The summed E-state index contributed by atoms with van der Waals surface area (Å²) in [6.45, 7) is 2.54. The molecule has 132 valence electrons. The maximum Gasteiger partial charge on any atom is 0.285 e. The minimum atomic E-state index is -3.92. The monoisotopic (exact) mass is 386 g/mol. The molecule has 0 amide bonds. The van der Waals surface area contributed by atoms with Gasteiger partial charge < -0.3 is 4.57 Å². The summed E-state index contributed by atoms with van der Waals surface area (Å²) in [5.74, 6) is -0.485. The van der Waals surface area contributed by atoms with E-state index >= 15 is 0 Å². The molecule has 26 heavy (non-hydrogen) atoms. The number of aromatic nitrogens is 1. The minimum absolute atomic E-state index is 0.0242. The Bertz CT molecular complexity index is 1290. The van der Waals surface area contributed by atoms with Crippen LogP contribution < -0.4 is 4.80 Å². The van der Waals surface area contributed by atoms with Crippen molar-refractivity contribution in [2.24, 2.45) is 4.40 Å². The normalized spacial score (nSPS) is 12.9. The van der Waals surface area contributed by atoms with E-state index in [0.29, 0.717) is 11.3 Å². The number of hydrogen-bond donors (Lipinski definition) is 0. The van der Waals surface area contributed by atoms with Crippen molar-refractivity contribution in [2.75, 3.05) is 0 Å². The molecule has 0 saturated carbocycles. The van der Waals surface area contributed by atoms with Gasteiger partial charge in [0.1, 0.15) is 5.82 Å². The lowest BCUT2D eigenvalue weighted by atomic mass is 10.1. The third-order valence-corrected chi connectivity index (χ3v) is 6.72. The first-order valence-corrected chi connectivity index (χ1v) is 10.3. The van der Waals surface area contributed by atoms with Gasteiger partial charge in [-0.25, -0.2) is 4.39 Å². The van der Waals surface area contributed by atoms with Gasteiger partial charge in [0.2, 0.25) is 4.80 Å². The lowest BCUT2D eigenvalue weighted by Gasteiger charge is -2.02. The Kier molecular flexibility index (Phi) is 4.13. The van der Waals surface area contributed by atoms with E-state index in [1.54, 1.807) is 0 Å². The molecular weight excluding hydrogens is 371 g/mol. The fraction of sp³-hybridized carbons (Fsp3) is 0.105. The van der Waals surface area contributed by atoms with Crippen molar-refractivity contribution in [3.05, 3.63) is 71.3 Å². The van der Waals surface area contributed by atoms with Crippen LogP contribution in [0.5, 0.6) is 0 Å². The molecule has 0 atom stereocenters. The molecule has 0 aliphatic carbocycles. The van der Waals surface area contributed by atoms with E-state index in [1.165, 1.54) is 23.5 Å². The second-order valence-electron chi connectivity index (χ2n) is 5.78. The number of benzene rings is 3. The van der Waals surface area contributed by atoms with Gasteiger partial charge in [-0.15, -0.1) is 4.40 Å². The zero-order chi connectivity index (χ0) is 18.3. The van der Waals surface area contributed by atoms with Crippen LogP contribution in [0.2, 0.25) is 0 Å². The standard InChI is InChI=1S/C19H15FN2O2S2/c1-2-22-17-12-7-13-5-3-4-6-16(13)18(17)25-19(22)21-26(23,24)15-10-8-14(20)9-11-15/h3-12H,2H2,1H3/b21-19+. The second kappa shape index (κ2) is 6.34. The van der Waals surface area contributed by atoms with Crippen LogP contribution in [0.15, 0.2) is 70.0 Å². The molecule has 0 radical (unpaired) electrons. The van der Waals surface area contributed by atoms with Crippen LogP contribution >= 0.6 is 11.3 Å². The first-order valence-electron chi connectivity index (χ1n) is 8.07. The largest absolute Gasteiger partial charge is 0.316 e. The molecule has 0 fully saturated rings. The van der Waals surface area contributed by atoms with Gasteiger partial charge in [-0.2, -0.15) is 8.42 Å². The van der Waals surface area contributed by atoms with E-state index in [0.717, 1.165) is 33.1 Å². The average Bonchev–Trinajstić information content (AvgIpc) is 2.98. The van der Waals surface area contributed by atoms with E-state index in [-0.39, 0.29) is 4.90 Å². The molecule has 0 bridgehead atoms. The molecule has 0 spiro atoms. The van der Waals surface area contributed by atoms with Gasteiger partial charge in [0.05, 0.1) is 15.1 Å². The van der Waals surface area contributed by atoms with Gasteiger partial charge in [-0.05, 0) is 42.6 Å². The molecule has 4 rings (SSSR count). The highest BCUT2D eigenvalue weighted by Gasteiger charge is 2.15.